The number of halogens is 1. The molecule has 1 saturated carbocycles. The van der Waals surface area contributed by atoms with Gasteiger partial charge in [0.25, 0.3) is 0 Å². The van der Waals surface area contributed by atoms with Crippen LogP contribution in [0.15, 0.2) is 28.7 Å². The fraction of sp³-hybridized carbons (Fsp3) is 0.600. The van der Waals surface area contributed by atoms with Crippen LogP contribution in [-0.4, -0.2) is 6.54 Å². The molecule has 1 aromatic carbocycles. The lowest BCUT2D eigenvalue weighted by Crippen LogP contribution is -2.23. The van der Waals surface area contributed by atoms with E-state index < -0.39 is 0 Å². The van der Waals surface area contributed by atoms with Gasteiger partial charge in [0.05, 0.1) is 0 Å². The highest BCUT2D eigenvalue weighted by atomic mass is 79.9. The van der Waals surface area contributed by atoms with Crippen LogP contribution < -0.4 is 5.32 Å². The Balaban J connectivity index is 2.04. The topological polar surface area (TPSA) is 12.0 Å². The second kappa shape index (κ2) is 6.55. The van der Waals surface area contributed by atoms with Crippen LogP contribution in [0.2, 0.25) is 0 Å². The Kier molecular flexibility index (Phi) is 5.05. The van der Waals surface area contributed by atoms with Crippen molar-refractivity contribution >= 4 is 15.9 Å². The summed E-state index contributed by atoms with van der Waals surface area (Å²) >= 11 is 3.57. The van der Waals surface area contributed by atoms with Crippen LogP contribution in [0.1, 0.15) is 50.6 Å². The summed E-state index contributed by atoms with van der Waals surface area (Å²) in [6, 6.07) is 9.26. The van der Waals surface area contributed by atoms with Crippen LogP contribution in [0.3, 0.4) is 0 Å². The highest BCUT2D eigenvalue weighted by molar-refractivity contribution is 9.10. The predicted octanol–water partition coefficient (Wildman–Crippen LogP) is 4.68. The number of hydrogen-bond donors (Lipinski definition) is 1. The summed E-state index contributed by atoms with van der Waals surface area (Å²) in [7, 11) is 0. The van der Waals surface area contributed by atoms with E-state index in [0.29, 0.717) is 6.04 Å². The van der Waals surface area contributed by atoms with Crippen molar-refractivity contribution in [1.29, 1.82) is 0 Å². The molecule has 1 aliphatic rings. The second-order valence-electron chi connectivity index (χ2n) is 5.05. The molecule has 1 atom stereocenters. The molecule has 2 rings (SSSR count). The molecule has 0 saturated heterocycles. The van der Waals surface area contributed by atoms with Gasteiger partial charge in [-0.1, -0.05) is 60.7 Å². The van der Waals surface area contributed by atoms with Gasteiger partial charge in [-0.05, 0) is 36.6 Å². The maximum Gasteiger partial charge on any atom is 0.0323 e. The lowest BCUT2D eigenvalue weighted by atomic mass is 9.93. The molecular weight excluding hydrogens is 274 g/mol. The summed E-state index contributed by atoms with van der Waals surface area (Å²) in [5.41, 5.74) is 1.42. The van der Waals surface area contributed by atoms with Crippen LogP contribution in [0, 0.1) is 5.92 Å². The van der Waals surface area contributed by atoms with E-state index in [4.69, 9.17) is 0 Å². The predicted molar refractivity (Wildman–Crippen MR) is 77.1 cm³/mol. The van der Waals surface area contributed by atoms with Crippen molar-refractivity contribution in [3.63, 3.8) is 0 Å². The quantitative estimate of drug-likeness (QED) is 0.832. The Morgan fingerprint density at radius 3 is 2.76 bits per heavy atom. The molecule has 0 bridgehead atoms. The molecule has 0 aliphatic heterocycles. The Morgan fingerprint density at radius 1 is 1.35 bits per heavy atom. The van der Waals surface area contributed by atoms with Gasteiger partial charge < -0.3 is 5.32 Å². The zero-order chi connectivity index (χ0) is 12.1. The molecule has 1 nitrogen and oxygen atoms in total. The third kappa shape index (κ3) is 3.82. The molecule has 0 heterocycles. The van der Waals surface area contributed by atoms with Gasteiger partial charge in [0.1, 0.15) is 0 Å². The first-order chi connectivity index (χ1) is 8.29. The smallest absolute Gasteiger partial charge is 0.0323 e. The first-order valence-electron chi connectivity index (χ1n) is 6.78. The van der Waals surface area contributed by atoms with Crippen LogP contribution in [0.4, 0.5) is 0 Å². The molecule has 0 amide bonds. The average Bonchev–Trinajstić information content (AvgIpc) is 2.81. The summed E-state index contributed by atoms with van der Waals surface area (Å²) in [4.78, 5) is 0. The van der Waals surface area contributed by atoms with Gasteiger partial charge in [-0.15, -0.1) is 0 Å². The Hall–Kier alpha value is -0.340. The number of benzene rings is 1. The van der Waals surface area contributed by atoms with Gasteiger partial charge in [-0.3, -0.25) is 0 Å². The maximum absolute atomic E-state index is 3.63. The van der Waals surface area contributed by atoms with E-state index in [2.05, 4.69) is 52.4 Å². The van der Waals surface area contributed by atoms with E-state index >= 15 is 0 Å². The van der Waals surface area contributed by atoms with Crippen molar-refractivity contribution in [2.45, 2.75) is 45.1 Å². The molecule has 0 aromatic heterocycles. The molecule has 0 spiro atoms. The Morgan fingerprint density at radius 2 is 2.12 bits per heavy atom. The fourth-order valence-corrected chi connectivity index (χ4v) is 3.30. The van der Waals surface area contributed by atoms with Gasteiger partial charge in [0.15, 0.2) is 0 Å². The summed E-state index contributed by atoms with van der Waals surface area (Å²) in [5, 5.41) is 3.63. The largest absolute Gasteiger partial charge is 0.310 e. The molecule has 1 aliphatic carbocycles. The van der Waals surface area contributed by atoms with Crippen molar-refractivity contribution in [2.24, 2.45) is 5.92 Å². The lowest BCUT2D eigenvalue weighted by Gasteiger charge is -2.22. The van der Waals surface area contributed by atoms with Gasteiger partial charge in [-0.2, -0.15) is 0 Å². The number of rotatable bonds is 5. The molecule has 1 unspecified atom stereocenters. The van der Waals surface area contributed by atoms with Crippen LogP contribution in [0.25, 0.3) is 0 Å². The van der Waals surface area contributed by atoms with E-state index in [-0.39, 0.29) is 0 Å². The number of nitrogens with one attached hydrogen (secondary N) is 1. The first-order valence-corrected chi connectivity index (χ1v) is 7.57. The SMILES string of the molecule is CCNC(CC1CCCC1)c1cccc(Br)c1. The van der Waals surface area contributed by atoms with Crippen molar-refractivity contribution < 1.29 is 0 Å². The monoisotopic (exact) mass is 295 g/mol. The average molecular weight is 296 g/mol. The minimum Gasteiger partial charge on any atom is -0.310 e. The van der Waals surface area contributed by atoms with Crippen LogP contribution >= 0.6 is 15.9 Å². The van der Waals surface area contributed by atoms with Crippen LogP contribution in [0.5, 0.6) is 0 Å². The molecular formula is C15H22BrN. The third-order valence-corrected chi connectivity index (χ3v) is 4.24. The standard InChI is InChI=1S/C15H22BrN/c1-2-17-15(10-12-6-3-4-7-12)13-8-5-9-14(16)11-13/h5,8-9,11-12,15,17H,2-4,6-7,10H2,1H3. The van der Waals surface area contributed by atoms with E-state index in [9.17, 15) is 0 Å². The van der Waals surface area contributed by atoms with Crippen LogP contribution in [-0.2, 0) is 0 Å². The zero-order valence-corrected chi connectivity index (χ0v) is 12.2. The highest BCUT2D eigenvalue weighted by Gasteiger charge is 2.20. The minimum atomic E-state index is 0.528. The fourth-order valence-electron chi connectivity index (χ4n) is 2.89. The molecule has 0 radical (unpaired) electrons. The Labute approximate surface area is 113 Å². The summed E-state index contributed by atoms with van der Waals surface area (Å²) in [6.07, 6.45) is 7.01. The van der Waals surface area contributed by atoms with Gasteiger partial charge in [0.2, 0.25) is 0 Å². The minimum absolute atomic E-state index is 0.528. The number of hydrogen-bond acceptors (Lipinski definition) is 1. The summed E-state index contributed by atoms with van der Waals surface area (Å²) in [5.74, 6) is 0.929. The molecule has 1 aromatic rings. The molecule has 2 heteroatoms. The van der Waals surface area contributed by atoms with Crippen molar-refractivity contribution in [1.82, 2.24) is 5.32 Å². The van der Waals surface area contributed by atoms with Crippen molar-refractivity contribution in [3.05, 3.63) is 34.3 Å². The first kappa shape index (κ1) is 13.1. The maximum atomic E-state index is 3.63. The third-order valence-electron chi connectivity index (χ3n) is 3.75. The second-order valence-corrected chi connectivity index (χ2v) is 5.97. The van der Waals surface area contributed by atoms with E-state index in [0.717, 1.165) is 12.5 Å². The highest BCUT2D eigenvalue weighted by Crippen LogP contribution is 2.33. The van der Waals surface area contributed by atoms with Crippen molar-refractivity contribution in [3.8, 4) is 0 Å². The van der Waals surface area contributed by atoms with Gasteiger partial charge >= 0.3 is 0 Å². The summed E-state index contributed by atoms with van der Waals surface area (Å²) in [6.45, 7) is 3.24. The lowest BCUT2D eigenvalue weighted by molar-refractivity contribution is 0.400. The van der Waals surface area contributed by atoms with Crippen molar-refractivity contribution in [2.75, 3.05) is 6.54 Å². The van der Waals surface area contributed by atoms with E-state index in [1.54, 1.807) is 0 Å². The normalized spacial score (nSPS) is 18.5. The Bertz CT molecular complexity index is 345. The summed E-state index contributed by atoms with van der Waals surface area (Å²) < 4.78 is 1.18. The molecule has 94 valence electrons. The molecule has 1 N–H and O–H groups in total. The molecule has 17 heavy (non-hydrogen) atoms. The zero-order valence-electron chi connectivity index (χ0n) is 10.6. The van der Waals surface area contributed by atoms with E-state index in [1.165, 1.54) is 42.1 Å². The van der Waals surface area contributed by atoms with E-state index in [1.807, 2.05) is 0 Å². The van der Waals surface area contributed by atoms with Gasteiger partial charge in [-0.25, -0.2) is 0 Å². The molecule has 1 fully saturated rings. The van der Waals surface area contributed by atoms with Gasteiger partial charge in [0, 0.05) is 10.5 Å².